The Morgan fingerprint density at radius 1 is 1.23 bits per heavy atom. The standard InChI is InChI=1S/C21H28N2O3/c1-5-26-20(25)21(13-15-23(3)4,17-11-7-6-10-16(17)2)19(24)18-12-8-9-14-22-18/h6-12,14,19,24H,5,13,15H2,1-4H3. The molecule has 0 radical (unpaired) electrons. The van der Waals surface area contributed by atoms with Crippen molar-refractivity contribution in [2.24, 2.45) is 0 Å². The molecule has 0 amide bonds. The number of aryl methyl sites for hydroxylation is 1. The number of pyridine rings is 1. The number of carbonyl (C=O) groups excluding carboxylic acids is 1. The summed E-state index contributed by atoms with van der Waals surface area (Å²) in [5, 5.41) is 11.3. The van der Waals surface area contributed by atoms with E-state index in [0.29, 0.717) is 18.7 Å². The molecule has 5 heteroatoms. The van der Waals surface area contributed by atoms with Gasteiger partial charge < -0.3 is 14.7 Å². The molecule has 2 unspecified atom stereocenters. The Labute approximate surface area is 155 Å². The molecule has 1 aromatic heterocycles. The second-order valence-corrected chi connectivity index (χ2v) is 6.72. The Kier molecular flexibility index (Phi) is 6.89. The van der Waals surface area contributed by atoms with Gasteiger partial charge in [0, 0.05) is 6.20 Å². The van der Waals surface area contributed by atoms with Crippen molar-refractivity contribution in [1.29, 1.82) is 0 Å². The minimum atomic E-state index is -1.22. The summed E-state index contributed by atoms with van der Waals surface area (Å²) in [6, 6.07) is 13.0. The van der Waals surface area contributed by atoms with Crippen LogP contribution in [0.4, 0.5) is 0 Å². The molecule has 0 aliphatic rings. The molecule has 0 aliphatic carbocycles. The molecule has 2 rings (SSSR count). The topological polar surface area (TPSA) is 62.7 Å². The summed E-state index contributed by atoms with van der Waals surface area (Å²) in [5.74, 6) is -0.422. The van der Waals surface area contributed by atoms with Crippen molar-refractivity contribution in [2.45, 2.75) is 31.8 Å². The average molecular weight is 356 g/mol. The van der Waals surface area contributed by atoms with E-state index < -0.39 is 17.5 Å². The lowest BCUT2D eigenvalue weighted by Gasteiger charge is -2.37. The van der Waals surface area contributed by atoms with Crippen molar-refractivity contribution in [1.82, 2.24) is 9.88 Å². The first-order valence-electron chi connectivity index (χ1n) is 8.90. The predicted molar refractivity (Wildman–Crippen MR) is 102 cm³/mol. The number of esters is 1. The van der Waals surface area contributed by atoms with Gasteiger partial charge in [-0.25, -0.2) is 0 Å². The van der Waals surface area contributed by atoms with Crippen LogP contribution in [0, 0.1) is 6.92 Å². The van der Waals surface area contributed by atoms with Crippen molar-refractivity contribution in [2.75, 3.05) is 27.2 Å². The third-order valence-corrected chi connectivity index (χ3v) is 4.65. The summed E-state index contributed by atoms with van der Waals surface area (Å²) in [5.41, 5.74) is 0.954. The Bertz CT molecular complexity index is 718. The van der Waals surface area contributed by atoms with E-state index in [1.165, 1.54) is 0 Å². The lowest BCUT2D eigenvalue weighted by Crippen LogP contribution is -2.46. The fourth-order valence-corrected chi connectivity index (χ4v) is 3.27. The molecule has 0 spiro atoms. The molecule has 0 saturated heterocycles. The number of aromatic nitrogens is 1. The summed E-state index contributed by atoms with van der Waals surface area (Å²) < 4.78 is 5.45. The van der Waals surface area contributed by atoms with E-state index in [1.807, 2.05) is 56.3 Å². The average Bonchev–Trinajstić information content (AvgIpc) is 2.64. The van der Waals surface area contributed by atoms with E-state index in [0.717, 1.165) is 11.1 Å². The van der Waals surface area contributed by atoms with Crippen molar-refractivity contribution >= 4 is 5.97 Å². The number of hydrogen-bond donors (Lipinski definition) is 1. The van der Waals surface area contributed by atoms with Gasteiger partial charge in [0.25, 0.3) is 0 Å². The van der Waals surface area contributed by atoms with Crippen LogP contribution in [0.25, 0.3) is 0 Å². The van der Waals surface area contributed by atoms with E-state index in [4.69, 9.17) is 4.74 Å². The normalized spacial score (nSPS) is 14.7. The minimum Gasteiger partial charge on any atom is -0.465 e. The molecular formula is C21H28N2O3. The van der Waals surface area contributed by atoms with Crippen LogP contribution in [0.1, 0.15) is 36.3 Å². The van der Waals surface area contributed by atoms with Gasteiger partial charge in [0.05, 0.1) is 12.3 Å². The van der Waals surface area contributed by atoms with Gasteiger partial charge in [0.2, 0.25) is 0 Å². The van der Waals surface area contributed by atoms with Crippen molar-refractivity contribution in [3.63, 3.8) is 0 Å². The second-order valence-electron chi connectivity index (χ2n) is 6.72. The minimum absolute atomic E-state index is 0.253. The summed E-state index contributed by atoms with van der Waals surface area (Å²) >= 11 is 0. The molecular weight excluding hydrogens is 328 g/mol. The Hall–Kier alpha value is -2.24. The number of ether oxygens (including phenoxy) is 1. The van der Waals surface area contributed by atoms with Crippen LogP contribution in [-0.4, -0.2) is 48.2 Å². The van der Waals surface area contributed by atoms with E-state index in [2.05, 4.69) is 4.98 Å². The van der Waals surface area contributed by atoms with Gasteiger partial charge in [-0.15, -0.1) is 0 Å². The first-order chi connectivity index (χ1) is 12.4. The summed E-state index contributed by atoms with van der Waals surface area (Å²) in [4.78, 5) is 19.5. The second kappa shape index (κ2) is 8.92. The number of aliphatic hydroxyl groups is 1. The monoisotopic (exact) mass is 356 g/mol. The first kappa shape index (κ1) is 20.1. The number of carbonyl (C=O) groups is 1. The number of benzene rings is 1. The zero-order valence-electron chi connectivity index (χ0n) is 16.0. The summed E-state index contributed by atoms with van der Waals surface area (Å²) in [6.07, 6.45) is 0.934. The Balaban J connectivity index is 2.66. The molecule has 0 saturated carbocycles. The van der Waals surface area contributed by atoms with Crippen molar-refractivity contribution < 1.29 is 14.6 Å². The molecule has 2 aromatic rings. The first-order valence-corrected chi connectivity index (χ1v) is 8.90. The zero-order chi connectivity index (χ0) is 19.2. The van der Waals surface area contributed by atoms with E-state index in [9.17, 15) is 9.90 Å². The van der Waals surface area contributed by atoms with Crippen molar-refractivity contribution in [3.05, 3.63) is 65.5 Å². The molecule has 2 atom stereocenters. The predicted octanol–water partition coefficient (Wildman–Crippen LogP) is 2.88. The largest absolute Gasteiger partial charge is 0.465 e. The highest BCUT2D eigenvalue weighted by molar-refractivity contribution is 5.85. The Morgan fingerprint density at radius 3 is 2.50 bits per heavy atom. The maximum atomic E-state index is 13.2. The molecule has 0 aliphatic heterocycles. The van der Waals surface area contributed by atoms with E-state index >= 15 is 0 Å². The SMILES string of the molecule is CCOC(=O)C(CCN(C)C)(c1ccccc1C)C(O)c1ccccn1. The number of rotatable bonds is 8. The third kappa shape index (κ3) is 4.11. The molecule has 1 heterocycles. The highest BCUT2D eigenvalue weighted by Crippen LogP contribution is 2.42. The van der Waals surface area contributed by atoms with Crippen LogP contribution in [0.15, 0.2) is 48.7 Å². The smallest absolute Gasteiger partial charge is 0.319 e. The van der Waals surface area contributed by atoms with Crippen LogP contribution in [0.5, 0.6) is 0 Å². The zero-order valence-corrected chi connectivity index (χ0v) is 16.0. The highest BCUT2D eigenvalue weighted by atomic mass is 16.5. The number of nitrogens with zero attached hydrogens (tertiary/aromatic N) is 2. The molecule has 26 heavy (non-hydrogen) atoms. The maximum Gasteiger partial charge on any atom is 0.319 e. The molecule has 0 bridgehead atoms. The molecule has 0 fully saturated rings. The molecule has 140 valence electrons. The van der Waals surface area contributed by atoms with Crippen molar-refractivity contribution in [3.8, 4) is 0 Å². The van der Waals surface area contributed by atoms with Crippen LogP contribution in [0.3, 0.4) is 0 Å². The van der Waals surface area contributed by atoms with Crippen LogP contribution < -0.4 is 0 Å². The Morgan fingerprint density at radius 2 is 1.92 bits per heavy atom. The van der Waals surface area contributed by atoms with Gasteiger partial charge in [-0.1, -0.05) is 30.3 Å². The summed E-state index contributed by atoms with van der Waals surface area (Å²) in [7, 11) is 3.89. The van der Waals surface area contributed by atoms with E-state index in [-0.39, 0.29) is 6.61 Å². The van der Waals surface area contributed by atoms with Crippen LogP contribution in [-0.2, 0) is 14.9 Å². The lowest BCUT2D eigenvalue weighted by molar-refractivity contribution is -0.156. The van der Waals surface area contributed by atoms with Gasteiger partial charge in [0.1, 0.15) is 11.5 Å². The lowest BCUT2D eigenvalue weighted by atomic mass is 9.70. The molecule has 1 N–H and O–H groups in total. The van der Waals surface area contributed by atoms with Crippen LogP contribution in [0.2, 0.25) is 0 Å². The van der Waals surface area contributed by atoms with Gasteiger partial charge in [-0.3, -0.25) is 9.78 Å². The number of hydrogen-bond acceptors (Lipinski definition) is 5. The fourth-order valence-electron chi connectivity index (χ4n) is 3.27. The van der Waals surface area contributed by atoms with Gasteiger partial charge in [0.15, 0.2) is 0 Å². The van der Waals surface area contributed by atoms with Gasteiger partial charge >= 0.3 is 5.97 Å². The fraction of sp³-hybridized carbons (Fsp3) is 0.429. The van der Waals surface area contributed by atoms with Gasteiger partial charge in [-0.2, -0.15) is 0 Å². The maximum absolute atomic E-state index is 13.2. The molecule has 5 nitrogen and oxygen atoms in total. The highest BCUT2D eigenvalue weighted by Gasteiger charge is 2.49. The van der Waals surface area contributed by atoms with E-state index in [1.54, 1.807) is 25.3 Å². The quantitative estimate of drug-likeness (QED) is 0.737. The van der Waals surface area contributed by atoms with Gasteiger partial charge in [-0.05, 0) is 64.2 Å². The summed E-state index contributed by atoms with van der Waals surface area (Å²) in [6.45, 7) is 4.60. The molecule has 1 aromatic carbocycles. The third-order valence-electron chi connectivity index (χ3n) is 4.65. The number of aliphatic hydroxyl groups excluding tert-OH is 1. The van der Waals surface area contributed by atoms with Crippen LogP contribution >= 0.6 is 0 Å².